The third-order valence-corrected chi connectivity index (χ3v) is 1.81. The average molecular weight is 167 g/mol. The van der Waals surface area contributed by atoms with E-state index in [1.54, 1.807) is 0 Å². The molecule has 0 spiro atoms. The quantitative estimate of drug-likeness (QED) is 0.743. The second-order valence-electron chi connectivity index (χ2n) is 2.94. The maximum Gasteiger partial charge on any atom is 0.150 e. The van der Waals surface area contributed by atoms with Crippen molar-refractivity contribution in [3.63, 3.8) is 0 Å². The molecular formula is C9H17N3. The van der Waals surface area contributed by atoms with Gasteiger partial charge in [-0.1, -0.05) is 6.92 Å². The molecule has 1 heterocycles. The number of nitrogens with zero attached hydrogens (tertiary/aromatic N) is 2. The highest BCUT2D eigenvalue weighted by atomic mass is 15.3. The molecule has 0 saturated carbocycles. The molecule has 1 rings (SSSR count). The van der Waals surface area contributed by atoms with Gasteiger partial charge < -0.3 is 5.32 Å². The third kappa shape index (κ3) is 2.00. The number of hydrogen-bond donors (Lipinski definition) is 1. The minimum Gasteiger partial charge on any atom is -0.368 e. The van der Waals surface area contributed by atoms with Crippen LogP contribution in [0.15, 0.2) is 6.20 Å². The van der Waals surface area contributed by atoms with Gasteiger partial charge in [0.25, 0.3) is 0 Å². The molecule has 3 nitrogen and oxygen atoms in total. The molecule has 0 atom stereocenters. The average Bonchev–Trinajstić information content (AvgIpc) is 2.43. The summed E-state index contributed by atoms with van der Waals surface area (Å²) in [7, 11) is 0. The summed E-state index contributed by atoms with van der Waals surface area (Å²) in [6.07, 6.45) is 3.20. The number of aromatic nitrogens is 2. The first-order chi connectivity index (χ1) is 5.77. The second kappa shape index (κ2) is 4.14. The van der Waals surface area contributed by atoms with Gasteiger partial charge in [0.2, 0.25) is 0 Å². The van der Waals surface area contributed by atoms with Gasteiger partial charge in [-0.2, -0.15) is 5.10 Å². The first-order valence-electron chi connectivity index (χ1n) is 4.55. The van der Waals surface area contributed by atoms with Gasteiger partial charge in [0, 0.05) is 24.8 Å². The van der Waals surface area contributed by atoms with Gasteiger partial charge in [0.05, 0.1) is 0 Å². The van der Waals surface area contributed by atoms with Crippen LogP contribution in [0.25, 0.3) is 0 Å². The number of aryl methyl sites for hydroxylation is 2. The molecule has 12 heavy (non-hydrogen) atoms. The molecule has 0 fully saturated rings. The zero-order valence-corrected chi connectivity index (χ0v) is 8.09. The van der Waals surface area contributed by atoms with Crippen LogP contribution in [0.3, 0.4) is 0 Å². The van der Waals surface area contributed by atoms with Crippen LogP contribution in [0.4, 0.5) is 5.82 Å². The van der Waals surface area contributed by atoms with Crippen LogP contribution >= 0.6 is 0 Å². The fourth-order valence-corrected chi connectivity index (χ4v) is 1.10. The van der Waals surface area contributed by atoms with Gasteiger partial charge in [-0.25, -0.2) is 0 Å². The van der Waals surface area contributed by atoms with Crippen LogP contribution in [0.5, 0.6) is 0 Å². The number of nitrogens with one attached hydrogen (secondary N) is 1. The first kappa shape index (κ1) is 9.10. The Bertz CT molecular complexity index is 240. The summed E-state index contributed by atoms with van der Waals surface area (Å²) < 4.78 is 1.95. The molecule has 0 aliphatic carbocycles. The molecule has 3 heteroatoms. The molecule has 0 unspecified atom stereocenters. The zero-order chi connectivity index (χ0) is 8.97. The number of rotatable bonds is 4. The van der Waals surface area contributed by atoms with Crippen LogP contribution < -0.4 is 5.32 Å². The molecule has 68 valence electrons. The Balaban J connectivity index is 2.64. The summed E-state index contributed by atoms with van der Waals surface area (Å²) in [5, 5.41) is 7.66. The van der Waals surface area contributed by atoms with Crippen molar-refractivity contribution < 1.29 is 0 Å². The maximum atomic E-state index is 4.37. The normalized spacial score (nSPS) is 10.2. The van der Waals surface area contributed by atoms with Gasteiger partial charge in [-0.05, 0) is 20.3 Å². The molecule has 0 aliphatic heterocycles. The fraction of sp³-hybridized carbons (Fsp3) is 0.667. The topological polar surface area (TPSA) is 29.9 Å². The third-order valence-electron chi connectivity index (χ3n) is 1.81. The van der Waals surface area contributed by atoms with Crippen LogP contribution in [0, 0.1) is 6.92 Å². The van der Waals surface area contributed by atoms with Crippen LogP contribution in [-0.2, 0) is 6.54 Å². The SMILES string of the molecule is CCCNc1nn(CC)cc1C. The van der Waals surface area contributed by atoms with Crippen LogP contribution in [0.1, 0.15) is 25.8 Å². The van der Waals surface area contributed by atoms with Crippen molar-refractivity contribution >= 4 is 5.82 Å². The van der Waals surface area contributed by atoms with E-state index in [2.05, 4.69) is 37.4 Å². The highest BCUT2D eigenvalue weighted by Gasteiger charge is 2.01. The smallest absolute Gasteiger partial charge is 0.150 e. The molecule has 0 aromatic carbocycles. The molecule has 0 bridgehead atoms. The molecule has 1 aromatic rings. The summed E-state index contributed by atoms with van der Waals surface area (Å²) >= 11 is 0. The lowest BCUT2D eigenvalue weighted by Gasteiger charge is -1.99. The maximum absolute atomic E-state index is 4.37. The minimum absolute atomic E-state index is 0.939. The van der Waals surface area contributed by atoms with Crippen molar-refractivity contribution in [1.82, 2.24) is 9.78 Å². The largest absolute Gasteiger partial charge is 0.368 e. The van der Waals surface area contributed by atoms with Crippen molar-refractivity contribution in [3.05, 3.63) is 11.8 Å². The molecular weight excluding hydrogens is 150 g/mol. The Labute approximate surface area is 73.8 Å². The van der Waals surface area contributed by atoms with Gasteiger partial charge in [0.15, 0.2) is 5.82 Å². The van der Waals surface area contributed by atoms with E-state index in [-0.39, 0.29) is 0 Å². The monoisotopic (exact) mass is 167 g/mol. The van der Waals surface area contributed by atoms with E-state index in [1.165, 1.54) is 5.56 Å². The van der Waals surface area contributed by atoms with Crippen LogP contribution in [0.2, 0.25) is 0 Å². The van der Waals surface area contributed by atoms with E-state index in [9.17, 15) is 0 Å². The Morgan fingerprint density at radius 3 is 2.75 bits per heavy atom. The lowest BCUT2D eigenvalue weighted by Crippen LogP contribution is -2.02. The second-order valence-corrected chi connectivity index (χ2v) is 2.94. The lowest BCUT2D eigenvalue weighted by molar-refractivity contribution is 0.660. The molecule has 1 aromatic heterocycles. The number of hydrogen-bond acceptors (Lipinski definition) is 2. The highest BCUT2D eigenvalue weighted by molar-refractivity contribution is 5.41. The fourth-order valence-electron chi connectivity index (χ4n) is 1.10. The summed E-state index contributed by atoms with van der Waals surface area (Å²) in [5.74, 6) is 1.03. The van der Waals surface area contributed by atoms with E-state index < -0.39 is 0 Å². The van der Waals surface area contributed by atoms with E-state index in [0.29, 0.717) is 0 Å². The summed E-state index contributed by atoms with van der Waals surface area (Å²) in [6.45, 7) is 8.27. The standard InChI is InChI=1S/C9H17N3/c1-4-6-10-9-8(3)7-12(5-2)11-9/h7H,4-6H2,1-3H3,(H,10,11). The van der Waals surface area contributed by atoms with Gasteiger partial charge in [0.1, 0.15) is 0 Å². The molecule has 0 saturated heterocycles. The first-order valence-corrected chi connectivity index (χ1v) is 4.55. The van der Waals surface area contributed by atoms with Crippen molar-refractivity contribution in [2.24, 2.45) is 0 Å². The van der Waals surface area contributed by atoms with E-state index in [4.69, 9.17) is 0 Å². The molecule has 0 amide bonds. The van der Waals surface area contributed by atoms with Gasteiger partial charge >= 0.3 is 0 Å². The Morgan fingerprint density at radius 1 is 1.50 bits per heavy atom. The Morgan fingerprint density at radius 2 is 2.25 bits per heavy atom. The van der Waals surface area contributed by atoms with E-state index in [0.717, 1.165) is 25.3 Å². The van der Waals surface area contributed by atoms with Crippen molar-refractivity contribution in [2.75, 3.05) is 11.9 Å². The van der Waals surface area contributed by atoms with Gasteiger partial charge in [-0.3, -0.25) is 4.68 Å². The predicted octanol–water partition coefficient (Wildman–Crippen LogP) is 2.03. The molecule has 0 radical (unpaired) electrons. The summed E-state index contributed by atoms with van der Waals surface area (Å²) in [4.78, 5) is 0. The zero-order valence-electron chi connectivity index (χ0n) is 8.09. The van der Waals surface area contributed by atoms with Crippen molar-refractivity contribution in [2.45, 2.75) is 33.7 Å². The number of anilines is 1. The summed E-state index contributed by atoms with van der Waals surface area (Å²) in [5.41, 5.74) is 1.23. The van der Waals surface area contributed by atoms with Crippen molar-refractivity contribution in [3.8, 4) is 0 Å². The van der Waals surface area contributed by atoms with Gasteiger partial charge in [-0.15, -0.1) is 0 Å². The van der Waals surface area contributed by atoms with Crippen molar-refractivity contribution in [1.29, 1.82) is 0 Å². The predicted molar refractivity (Wildman–Crippen MR) is 51.4 cm³/mol. The molecule has 0 aliphatic rings. The highest BCUT2D eigenvalue weighted by Crippen LogP contribution is 2.10. The van der Waals surface area contributed by atoms with Crippen LogP contribution in [-0.4, -0.2) is 16.3 Å². The van der Waals surface area contributed by atoms with E-state index in [1.807, 2.05) is 4.68 Å². The van der Waals surface area contributed by atoms with E-state index >= 15 is 0 Å². The lowest BCUT2D eigenvalue weighted by atomic mass is 10.3. The Hall–Kier alpha value is -0.990. The Kier molecular flexibility index (Phi) is 3.14. The minimum atomic E-state index is 0.939. The molecule has 1 N–H and O–H groups in total. The summed E-state index contributed by atoms with van der Waals surface area (Å²) in [6, 6.07) is 0.